The van der Waals surface area contributed by atoms with Gasteiger partial charge >= 0.3 is 0 Å². The molecule has 26 heavy (non-hydrogen) atoms. The summed E-state index contributed by atoms with van der Waals surface area (Å²) in [6.07, 6.45) is 8.12. The summed E-state index contributed by atoms with van der Waals surface area (Å²) in [7, 11) is -2.06. The van der Waals surface area contributed by atoms with E-state index in [1.807, 2.05) is 0 Å². The Morgan fingerprint density at radius 1 is 1.08 bits per heavy atom. The van der Waals surface area contributed by atoms with Crippen molar-refractivity contribution in [1.29, 1.82) is 0 Å². The van der Waals surface area contributed by atoms with Crippen molar-refractivity contribution in [3.8, 4) is 11.3 Å². The van der Waals surface area contributed by atoms with Crippen molar-refractivity contribution in [3.63, 3.8) is 0 Å². The fourth-order valence-electron chi connectivity index (χ4n) is 2.62. The molecular formula is C17H14N6O2S. The molecule has 0 atom stereocenters. The molecular weight excluding hydrogens is 352 g/mol. The summed E-state index contributed by atoms with van der Waals surface area (Å²) in [5.74, 6) is -0.00240. The Kier molecular flexibility index (Phi) is 3.85. The summed E-state index contributed by atoms with van der Waals surface area (Å²) < 4.78 is 29.8. The number of anilines is 1. The fraction of sp³-hybridized carbons (Fsp3) is 0.0588. The number of fused-ring (bicyclic) bond motifs is 1. The van der Waals surface area contributed by atoms with Crippen LogP contribution in [0.1, 0.15) is 0 Å². The van der Waals surface area contributed by atoms with Crippen LogP contribution in [0.15, 0.2) is 66.2 Å². The molecule has 0 radical (unpaired) electrons. The van der Waals surface area contributed by atoms with Gasteiger partial charge in [-0.15, -0.1) is 0 Å². The van der Waals surface area contributed by atoms with Gasteiger partial charge < -0.3 is 0 Å². The van der Waals surface area contributed by atoms with Crippen LogP contribution in [0, 0.1) is 0 Å². The zero-order valence-corrected chi connectivity index (χ0v) is 14.6. The molecule has 3 aromatic heterocycles. The van der Waals surface area contributed by atoms with E-state index in [1.54, 1.807) is 60.8 Å². The normalized spacial score (nSPS) is 11.6. The highest BCUT2D eigenvalue weighted by molar-refractivity contribution is 7.93. The molecule has 0 saturated carbocycles. The van der Waals surface area contributed by atoms with Gasteiger partial charge in [0.1, 0.15) is 0 Å². The molecule has 0 saturated heterocycles. The molecule has 0 aliphatic heterocycles. The number of aryl methyl sites for hydroxylation is 1. The van der Waals surface area contributed by atoms with Crippen molar-refractivity contribution < 1.29 is 8.42 Å². The molecule has 130 valence electrons. The maximum Gasteiger partial charge on any atom is 0.264 e. The minimum absolute atomic E-state index is 0.00240. The zero-order valence-electron chi connectivity index (χ0n) is 13.7. The van der Waals surface area contributed by atoms with Gasteiger partial charge in [-0.25, -0.2) is 23.1 Å². The highest BCUT2D eigenvalue weighted by atomic mass is 32.2. The number of benzene rings is 1. The largest absolute Gasteiger partial charge is 0.275 e. The Bertz CT molecular complexity index is 1200. The molecule has 8 nitrogen and oxygen atoms in total. The van der Waals surface area contributed by atoms with Gasteiger partial charge in [-0.1, -0.05) is 12.1 Å². The summed E-state index contributed by atoms with van der Waals surface area (Å²) in [5.41, 5.74) is 1.35. The van der Waals surface area contributed by atoms with Gasteiger partial charge in [-0.3, -0.25) is 9.67 Å². The molecule has 1 N–H and O–H groups in total. The zero-order chi connectivity index (χ0) is 18.1. The number of aromatic nitrogens is 5. The molecule has 0 aliphatic rings. The number of rotatable bonds is 4. The van der Waals surface area contributed by atoms with Gasteiger partial charge in [-0.2, -0.15) is 5.10 Å². The van der Waals surface area contributed by atoms with E-state index < -0.39 is 10.0 Å². The van der Waals surface area contributed by atoms with Crippen LogP contribution in [0.25, 0.3) is 22.0 Å². The second-order valence-corrected chi connectivity index (χ2v) is 7.28. The standard InChI is InChI=1S/C17H14N6O2S/c1-23-11-13(10-20-23)15-6-8-19-17(21-15)22-26(24,25)16-4-2-3-12-9-18-7-5-14(12)16/h2-11H,1H3,(H,19,21,22). The van der Waals surface area contributed by atoms with Crippen molar-refractivity contribution in [2.24, 2.45) is 7.05 Å². The summed E-state index contributed by atoms with van der Waals surface area (Å²) in [6, 6.07) is 8.37. The van der Waals surface area contributed by atoms with Crippen molar-refractivity contribution in [2.75, 3.05) is 4.72 Å². The summed E-state index contributed by atoms with van der Waals surface area (Å²) >= 11 is 0. The number of nitrogens with one attached hydrogen (secondary N) is 1. The van der Waals surface area contributed by atoms with Crippen LogP contribution >= 0.6 is 0 Å². The highest BCUT2D eigenvalue weighted by Gasteiger charge is 2.19. The number of pyridine rings is 1. The number of hydrogen-bond acceptors (Lipinski definition) is 6. The van der Waals surface area contributed by atoms with Gasteiger partial charge in [0.2, 0.25) is 5.95 Å². The monoisotopic (exact) mass is 366 g/mol. The molecule has 0 fully saturated rings. The molecule has 3 heterocycles. The van der Waals surface area contributed by atoms with E-state index in [2.05, 4.69) is 24.8 Å². The van der Waals surface area contributed by atoms with Crippen molar-refractivity contribution in [3.05, 3.63) is 61.3 Å². The summed E-state index contributed by atoms with van der Waals surface area (Å²) in [6.45, 7) is 0. The van der Waals surface area contributed by atoms with Crippen molar-refractivity contribution in [2.45, 2.75) is 4.90 Å². The minimum Gasteiger partial charge on any atom is -0.275 e. The Morgan fingerprint density at radius 3 is 2.77 bits per heavy atom. The molecule has 0 unspecified atom stereocenters. The quantitative estimate of drug-likeness (QED) is 0.594. The lowest BCUT2D eigenvalue weighted by Crippen LogP contribution is -2.15. The lowest BCUT2D eigenvalue weighted by atomic mass is 10.2. The second kappa shape index (κ2) is 6.19. The van der Waals surface area contributed by atoms with E-state index in [4.69, 9.17) is 0 Å². The molecule has 0 bridgehead atoms. The van der Waals surface area contributed by atoms with Crippen LogP contribution in [0.2, 0.25) is 0 Å². The van der Waals surface area contributed by atoms with E-state index in [-0.39, 0.29) is 10.8 Å². The lowest BCUT2D eigenvalue weighted by molar-refractivity contribution is 0.601. The van der Waals surface area contributed by atoms with Crippen LogP contribution < -0.4 is 4.72 Å². The Morgan fingerprint density at radius 2 is 1.96 bits per heavy atom. The predicted molar refractivity (Wildman–Crippen MR) is 96.8 cm³/mol. The van der Waals surface area contributed by atoms with Gasteiger partial charge in [0.15, 0.2) is 0 Å². The first-order chi connectivity index (χ1) is 12.5. The molecule has 1 aromatic carbocycles. The smallest absolute Gasteiger partial charge is 0.264 e. The topological polar surface area (TPSA) is 103 Å². The Labute approximate surface area is 149 Å². The SMILES string of the molecule is Cn1cc(-c2ccnc(NS(=O)(=O)c3cccc4cnccc34)n2)cn1. The molecule has 4 rings (SSSR count). The van der Waals surface area contributed by atoms with Crippen LogP contribution in [0.3, 0.4) is 0 Å². The molecule has 9 heteroatoms. The van der Waals surface area contributed by atoms with Gasteiger partial charge in [0, 0.05) is 48.2 Å². The second-order valence-electron chi connectivity index (χ2n) is 5.63. The maximum atomic E-state index is 12.8. The summed E-state index contributed by atoms with van der Waals surface area (Å²) in [5, 5.41) is 5.41. The lowest BCUT2D eigenvalue weighted by Gasteiger charge is -2.09. The van der Waals surface area contributed by atoms with Crippen molar-refractivity contribution in [1.82, 2.24) is 24.7 Å². The number of nitrogens with zero attached hydrogens (tertiary/aromatic N) is 5. The number of hydrogen-bond donors (Lipinski definition) is 1. The van der Waals surface area contributed by atoms with Crippen LogP contribution in [-0.2, 0) is 17.1 Å². The van der Waals surface area contributed by atoms with Gasteiger partial charge in [-0.05, 0) is 18.2 Å². The Hall–Kier alpha value is -3.33. The molecule has 0 aliphatic carbocycles. The van der Waals surface area contributed by atoms with Crippen LogP contribution in [-0.4, -0.2) is 33.2 Å². The third-order valence-corrected chi connectivity index (χ3v) is 5.20. The third kappa shape index (κ3) is 3.00. The first-order valence-electron chi connectivity index (χ1n) is 7.70. The number of sulfonamides is 1. The van der Waals surface area contributed by atoms with E-state index in [9.17, 15) is 8.42 Å². The van der Waals surface area contributed by atoms with E-state index in [0.717, 1.165) is 10.9 Å². The van der Waals surface area contributed by atoms with E-state index in [1.165, 1.54) is 12.3 Å². The average Bonchev–Trinajstić information content (AvgIpc) is 3.07. The first-order valence-corrected chi connectivity index (χ1v) is 9.19. The summed E-state index contributed by atoms with van der Waals surface area (Å²) in [4.78, 5) is 12.5. The maximum absolute atomic E-state index is 12.8. The van der Waals surface area contributed by atoms with E-state index in [0.29, 0.717) is 11.1 Å². The molecule has 4 aromatic rings. The Balaban J connectivity index is 1.72. The van der Waals surface area contributed by atoms with Gasteiger partial charge in [0.05, 0.1) is 16.8 Å². The van der Waals surface area contributed by atoms with Crippen LogP contribution in [0.4, 0.5) is 5.95 Å². The predicted octanol–water partition coefficient (Wildman–Crippen LogP) is 2.23. The molecule has 0 amide bonds. The third-order valence-electron chi connectivity index (χ3n) is 3.81. The highest BCUT2D eigenvalue weighted by Crippen LogP contribution is 2.24. The van der Waals surface area contributed by atoms with E-state index >= 15 is 0 Å². The minimum atomic E-state index is -3.86. The first kappa shape index (κ1) is 16.2. The van der Waals surface area contributed by atoms with Gasteiger partial charge in [0.25, 0.3) is 10.0 Å². The average molecular weight is 366 g/mol. The fourth-order valence-corrected chi connectivity index (χ4v) is 3.81. The van der Waals surface area contributed by atoms with Crippen molar-refractivity contribution >= 4 is 26.7 Å². The van der Waals surface area contributed by atoms with Crippen LogP contribution in [0.5, 0.6) is 0 Å². The molecule has 0 spiro atoms.